The van der Waals surface area contributed by atoms with Crippen molar-refractivity contribution in [2.45, 2.75) is 38.1 Å². The number of aromatic nitrogens is 2. The van der Waals surface area contributed by atoms with E-state index >= 15 is 0 Å². The normalized spacial score (nSPS) is 19.1. The van der Waals surface area contributed by atoms with Gasteiger partial charge in [0.1, 0.15) is 0 Å². The van der Waals surface area contributed by atoms with E-state index in [9.17, 15) is 0 Å². The third-order valence-electron chi connectivity index (χ3n) is 3.69. The maximum atomic E-state index is 5.34. The van der Waals surface area contributed by atoms with Gasteiger partial charge in [0, 0.05) is 22.5 Å². The lowest BCUT2D eigenvalue weighted by Crippen LogP contribution is -2.34. The molecule has 1 aromatic carbocycles. The van der Waals surface area contributed by atoms with Crippen LogP contribution in [-0.4, -0.2) is 22.7 Å². The summed E-state index contributed by atoms with van der Waals surface area (Å²) in [7, 11) is 0. The summed E-state index contributed by atoms with van der Waals surface area (Å²) in [6.45, 7) is 1.14. The van der Waals surface area contributed by atoms with Gasteiger partial charge in [0.05, 0.1) is 0 Å². The summed E-state index contributed by atoms with van der Waals surface area (Å²) in [6.07, 6.45) is 5.80. The summed E-state index contributed by atoms with van der Waals surface area (Å²) in [5.41, 5.74) is 0.985. The lowest BCUT2D eigenvalue weighted by molar-refractivity contribution is 0.342. The third-order valence-corrected chi connectivity index (χ3v) is 4.22. The molecule has 0 bridgehead atoms. The molecule has 106 valence electrons. The highest BCUT2D eigenvalue weighted by Gasteiger charge is 2.15. The van der Waals surface area contributed by atoms with Crippen molar-refractivity contribution in [3.63, 3.8) is 0 Å². The minimum Gasteiger partial charge on any atom is -0.339 e. The van der Waals surface area contributed by atoms with Gasteiger partial charge in [0.25, 0.3) is 0 Å². The van der Waals surface area contributed by atoms with E-state index in [0.717, 1.165) is 35.3 Å². The molecule has 0 saturated carbocycles. The molecule has 1 N–H and O–H groups in total. The maximum Gasteiger partial charge on any atom is 0.227 e. The van der Waals surface area contributed by atoms with Gasteiger partial charge < -0.3 is 9.84 Å². The predicted molar refractivity (Wildman–Crippen MR) is 81.4 cm³/mol. The quantitative estimate of drug-likeness (QED) is 0.927. The first-order valence-corrected chi connectivity index (χ1v) is 7.92. The van der Waals surface area contributed by atoms with Crippen LogP contribution in [-0.2, 0) is 6.42 Å². The number of piperidine rings is 1. The lowest BCUT2D eigenvalue weighted by atomic mass is 10.0. The second-order valence-electron chi connectivity index (χ2n) is 5.20. The number of nitrogens with one attached hydrogen (secondary N) is 1. The van der Waals surface area contributed by atoms with E-state index < -0.39 is 0 Å². The average molecular weight is 336 g/mol. The number of halogens is 1. The monoisotopic (exact) mass is 335 g/mol. The summed E-state index contributed by atoms with van der Waals surface area (Å²) in [5, 5.41) is 7.60. The highest BCUT2D eigenvalue weighted by Crippen LogP contribution is 2.20. The van der Waals surface area contributed by atoms with Crippen LogP contribution in [0.5, 0.6) is 0 Å². The molecule has 0 amide bonds. The molecular formula is C15H18BrN3O. The van der Waals surface area contributed by atoms with Crippen molar-refractivity contribution in [2.75, 3.05) is 6.54 Å². The number of hydrogen-bond donors (Lipinski definition) is 1. The number of aryl methyl sites for hydroxylation is 1. The van der Waals surface area contributed by atoms with Crippen LogP contribution in [0, 0.1) is 0 Å². The molecule has 1 aromatic heterocycles. The van der Waals surface area contributed by atoms with Crippen LogP contribution < -0.4 is 5.32 Å². The van der Waals surface area contributed by atoms with Gasteiger partial charge in [-0.15, -0.1) is 0 Å². The molecule has 1 aliphatic rings. The van der Waals surface area contributed by atoms with Crippen molar-refractivity contribution in [2.24, 2.45) is 0 Å². The van der Waals surface area contributed by atoms with Gasteiger partial charge in [0.15, 0.2) is 0 Å². The molecule has 1 fully saturated rings. The van der Waals surface area contributed by atoms with Gasteiger partial charge in [0.2, 0.25) is 11.7 Å². The largest absolute Gasteiger partial charge is 0.339 e. The molecule has 0 radical (unpaired) electrons. The van der Waals surface area contributed by atoms with Crippen LogP contribution in [0.2, 0.25) is 0 Å². The van der Waals surface area contributed by atoms with Crippen molar-refractivity contribution in [3.8, 4) is 11.4 Å². The smallest absolute Gasteiger partial charge is 0.227 e. The fourth-order valence-corrected chi connectivity index (χ4v) is 2.81. The Morgan fingerprint density at radius 1 is 1.25 bits per heavy atom. The van der Waals surface area contributed by atoms with E-state index in [1.807, 2.05) is 24.3 Å². The van der Waals surface area contributed by atoms with E-state index in [1.165, 1.54) is 19.3 Å². The fraction of sp³-hybridized carbons (Fsp3) is 0.467. The number of rotatable bonds is 4. The van der Waals surface area contributed by atoms with Crippen molar-refractivity contribution >= 4 is 15.9 Å². The molecule has 0 aliphatic carbocycles. The topological polar surface area (TPSA) is 51.0 Å². The minimum absolute atomic E-state index is 0.604. The van der Waals surface area contributed by atoms with Gasteiger partial charge in [-0.3, -0.25) is 0 Å². The van der Waals surface area contributed by atoms with Crippen LogP contribution in [0.3, 0.4) is 0 Å². The van der Waals surface area contributed by atoms with Gasteiger partial charge >= 0.3 is 0 Å². The maximum absolute atomic E-state index is 5.34. The zero-order valence-electron chi connectivity index (χ0n) is 11.3. The standard InChI is InChI=1S/C15H18BrN3O/c16-12-6-4-11(5-7-12)15-18-14(20-19-15)9-8-13-3-1-2-10-17-13/h4-7,13,17H,1-3,8-10H2. The Morgan fingerprint density at radius 3 is 2.85 bits per heavy atom. The molecule has 20 heavy (non-hydrogen) atoms. The predicted octanol–water partition coefficient (Wildman–Crippen LogP) is 3.57. The van der Waals surface area contributed by atoms with Gasteiger partial charge in [-0.05, 0) is 50.1 Å². The van der Waals surface area contributed by atoms with Crippen LogP contribution >= 0.6 is 15.9 Å². The Kier molecular flexibility index (Phi) is 4.47. The van der Waals surface area contributed by atoms with E-state index in [2.05, 4.69) is 31.4 Å². The second kappa shape index (κ2) is 6.50. The molecule has 1 atom stereocenters. The zero-order chi connectivity index (χ0) is 13.8. The Hall–Kier alpha value is -1.20. The lowest BCUT2D eigenvalue weighted by Gasteiger charge is -2.22. The van der Waals surface area contributed by atoms with E-state index in [1.54, 1.807) is 0 Å². The van der Waals surface area contributed by atoms with Crippen molar-refractivity contribution in [1.82, 2.24) is 15.5 Å². The summed E-state index contributed by atoms with van der Waals surface area (Å²) >= 11 is 3.42. The van der Waals surface area contributed by atoms with E-state index in [-0.39, 0.29) is 0 Å². The molecule has 5 heteroatoms. The van der Waals surface area contributed by atoms with E-state index in [0.29, 0.717) is 11.9 Å². The summed E-state index contributed by atoms with van der Waals surface area (Å²) in [5.74, 6) is 1.40. The first kappa shape index (κ1) is 13.8. The second-order valence-corrected chi connectivity index (χ2v) is 6.12. The van der Waals surface area contributed by atoms with Crippen LogP contribution in [0.1, 0.15) is 31.6 Å². The van der Waals surface area contributed by atoms with E-state index in [4.69, 9.17) is 4.52 Å². The third kappa shape index (κ3) is 3.46. The summed E-state index contributed by atoms with van der Waals surface area (Å²) < 4.78 is 6.39. The molecule has 2 heterocycles. The molecular weight excluding hydrogens is 318 g/mol. The van der Waals surface area contributed by atoms with Crippen molar-refractivity contribution in [1.29, 1.82) is 0 Å². The Balaban J connectivity index is 1.60. The van der Waals surface area contributed by atoms with Gasteiger partial charge in [-0.25, -0.2) is 0 Å². The van der Waals surface area contributed by atoms with Crippen LogP contribution in [0.15, 0.2) is 33.3 Å². The van der Waals surface area contributed by atoms with Crippen LogP contribution in [0.25, 0.3) is 11.4 Å². The molecule has 1 aliphatic heterocycles. The summed E-state index contributed by atoms with van der Waals surface area (Å²) in [6, 6.07) is 8.55. The first-order chi connectivity index (χ1) is 9.81. The fourth-order valence-electron chi connectivity index (χ4n) is 2.54. The SMILES string of the molecule is Brc1ccc(-c2noc(CCC3CCCCN3)n2)cc1. The zero-order valence-corrected chi connectivity index (χ0v) is 12.9. The Labute approximate surface area is 127 Å². The van der Waals surface area contributed by atoms with Crippen molar-refractivity contribution < 1.29 is 4.52 Å². The number of nitrogens with zero attached hydrogens (tertiary/aromatic N) is 2. The number of hydrogen-bond acceptors (Lipinski definition) is 4. The highest BCUT2D eigenvalue weighted by atomic mass is 79.9. The van der Waals surface area contributed by atoms with Gasteiger partial charge in [-0.2, -0.15) is 4.98 Å². The molecule has 1 unspecified atom stereocenters. The first-order valence-electron chi connectivity index (χ1n) is 7.13. The molecule has 2 aromatic rings. The highest BCUT2D eigenvalue weighted by molar-refractivity contribution is 9.10. The molecule has 0 spiro atoms. The molecule has 1 saturated heterocycles. The molecule has 3 rings (SSSR count). The average Bonchev–Trinajstić information content (AvgIpc) is 2.96. The Bertz CT molecular complexity index is 547. The van der Waals surface area contributed by atoms with Crippen LogP contribution in [0.4, 0.5) is 0 Å². The minimum atomic E-state index is 0.604. The Morgan fingerprint density at radius 2 is 2.10 bits per heavy atom. The summed E-state index contributed by atoms with van der Waals surface area (Å²) in [4.78, 5) is 4.47. The van der Waals surface area contributed by atoms with Gasteiger partial charge in [-0.1, -0.05) is 27.5 Å². The van der Waals surface area contributed by atoms with Crippen molar-refractivity contribution in [3.05, 3.63) is 34.6 Å². The molecule has 4 nitrogen and oxygen atoms in total. The number of benzene rings is 1.